The van der Waals surface area contributed by atoms with Gasteiger partial charge in [0, 0.05) is 11.3 Å². The van der Waals surface area contributed by atoms with Gasteiger partial charge in [0.2, 0.25) is 10.0 Å². The monoisotopic (exact) mass is 304 g/mol. The molecule has 7 heteroatoms. The number of hydrogen-bond acceptors (Lipinski definition) is 4. The molecule has 1 unspecified atom stereocenters. The van der Waals surface area contributed by atoms with E-state index in [1.54, 1.807) is 11.8 Å². The molecule has 0 amide bonds. The first-order valence-electron chi connectivity index (χ1n) is 6.01. The Morgan fingerprint density at radius 1 is 1.53 bits per heavy atom. The Kier molecular flexibility index (Phi) is 4.08. The summed E-state index contributed by atoms with van der Waals surface area (Å²) in [6, 6.07) is 3.30. The normalized spacial score (nSPS) is 23.7. The summed E-state index contributed by atoms with van der Waals surface area (Å²) >= 11 is 1.77. The number of benzene rings is 1. The molecule has 0 aromatic heterocycles. The van der Waals surface area contributed by atoms with E-state index in [1.165, 1.54) is 6.07 Å². The molecule has 1 aliphatic heterocycles. The van der Waals surface area contributed by atoms with E-state index in [0.29, 0.717) is 6.54 Å². The molecule has 2 rings (SSSR count). The first kappa shape index (κ1) is 14.6. The fraction of sp³-hybridized carbons (Fsp3) is 0.500. The maximum atomic E-state index is 12.9. The van der Waals surface area contributed by atoms with E-state index in [0.717, 1.165) is 30.7 Å². The van der Waals surface area contributed by atoms with Crippen LogP contribution in [0.15, 0.2) is 23.1 Å². The molecule has 1 fully saturated rings. The van der Waals surface area contributed by atoms with Crippen LogP contribution in [0.4, 0.5) is 10.1 Å². The van der Waals surface area contributed by atoms with Crippen LogP contribution in [0, 0.1) is 5.82 Å². The standard InChI is InChI=1S/C12H17FN2O2S2/c1-12(5-2-6-18-12)8-15-19(16,17)11-4-3-9(13)7-10(11)14/h3-4,7,15H,2,5-6,8,14H2,1H3. The molecule has 1 saturated heterocycles. The topological polar surface area (TPSA) is 72.2 Å². The van der Waals surface area contributed by atoms with E-state index in [-0.39, 0.29) is 15.3 Å². The predicted octanol–water partition coefficient (Wildman–Crippen LogP) is 1.97. The minimum atomic E-state index is -3.69. The van der Waals surface area contributed by atoms with E-state index in [2.05, 4.69) is 4.72 Å². The molecule has 19 heavy (non-hydrogen) atoms. The first-order chi connectivity index (χ1) is 8.82. The smallest absolute Gasteiger partial charge is 0.242 e. The lowest BCUT2D eigenvalue weighted by Crippen LogP contribution is -2.37. The lowest BCUT2D eigenvalue weighted by molar-refractivity contribution is 0.552. The van der Waals surface area contributed by atoms with Gasteiger partial charge in [0.05, 0.1) is 5.69 Å². The minimum Gasteiger partial charge on any atom is -0.398 e. The average Bonchev–Trinajstić information content (AvgIpc) is 2.74. The van der Waals surface area contributed by atoms with Crippen molar-refractivity contribution in [2.45, 2.75) is 29.4 Å². The fourth-order valence-electron chi connectivity index (χ4n) is 2.07. The van der Waals surface area contributed by atoms with Crippen molar-refractivity contribution < 1.29 is 12.8 Å². The van der Waals surface area contributed by atoms with Crippen molar-refractivity contribution in [1.82, 2.24) is 4.72 Å². The third kappa shape index (κ3) is 3.40. The number of sulfonamides is 1. The van der Waals surface area contributed by atoms with Gasteiger partial charge in [0.1, 0.15) is 10.7 Å². The molecule has 1 aliphatic rings. The van der Waals surface area contributed by atoms with Crippen LogP contribution in [-0.4, -0.2) is 25.5 Å². The summed E-state index contributed by atoms with van der Waals surface area (Å²) in [4.78, 5) is -0.0690. The second-order valence-corrected chi connectivity index (χ2v) is 8.33. The van der Waals surface area contributed by atoms with E-state index in [1.807, 2.05) is 6.92 Å². The number of nitrogens with one attached hydrogen (secondary N) is 1. The summed E-state index contributed by atoms with van der Waals surface area (Å²) in [7, 11) is -3.69. The second kappa shape index (κ2) is 5.30. The molecule has 1 aromatic carbocycles. The van der Waals surface area contributed by atoms with Crippen LogP contribution < -0.4 is 10.5 Å². The van der Waals surface area contributed by atoms with Crippen molar-refractivity contribution >= 4 is 27.5 Å². The molecule has 0 bridgehead atoms. The zero-order chi connectivity index (χ0) is 14.1. The summed E-state index contributed by atoms with van der Waals surface area (Å²) in [5, 5.41) is 0. The minimum absolute atomic E-state index is 0.0676. The van der Waals surface area contributed by atoms with Gasteiger partial charge in [-0.15, -0.1) is 0 Å². The van der Waals surface area contributed by atoms with Crippen molar-refractivity contribution in [3.8, 4) is 0 Å². The first-order valence-corrected chi connectivity index (χ1v) is 8.48. The number of halogens is 1. The Morgan fingerprint density at radius 3 is 2.84 bits per heavy atom. The molecule has 106 valence electrons. The number of nitrogen functional groups attached to an aromatic ring is 1. The van der Waals surface area contributed by atoms with E-state index in [4.69, 9.17) is 5.73 Å². The number of hydrogen-bond donors (Lipinski definition) is 2. The van der Waals surface area contributed by atoms with E-state index in [9.17, 15) is 12.8 Å². The summed E-state index contributed by atoms with van der Waals surface area (Å²) in [5.74, 6) is 0.506. The van der Waals surface area contributed by atoms with Crippen LogP contribution in [0.2, 0.25) is 0 Å². The van der Waals surface area contributed by atoms with E-state index >= 15 is 0 Å². The molecular weight excluding hydrogens is 287 g/mol. The molecule has 4 nitrogen and oxygen atoms in total. The maximum absolute atomic E-state index is 12.9. The molecule has 1 atom stereocenters. The average molecular weight is 304 g/mol. The summed E-state index contributed by atoms with van der Waals surface area (Å²) in [5.41, 5.74) is 5.49. The van der Waals surface area contributed by atoms with Crippen LogP contribution >= 0.6 is 11.8 Å². The highest BCUT2D eigenvalue weighted by atomic mass is 32.2. The van der Waals surface area contributed by atoms with Gasteiger partial charge in [-0.3, -0.25) is 0 Å². The van der Waals surface area contributed by atoms with Crippen molar-refractivity contribution in [3.05, 3.63) is 24.0 Å². The lowest BCUT2D eigenvalue weighted by Gasteiger charge is -2.23. The van der Waals surface area contributed by atoms with Crippen LogP contribution in [0.3, 0.4) is 0 Å². The Balaban J connectivity index is 2.14. The molecule has 1 aromatic rings. The third-order valence-electron chi connectivity index (χ3n) is 3.20. The highest BCUT2D eigenvalue weighted by molar-refractivity contribution is 8.01. The fourth-order valence-corrected chi connectivity index (χ4v) is 4.68. The number of rotatable bonds is 4. The van der Waals surface area contributed by atoms with Gasteiger partial charge in [-0.1, -0.05) is 0 Å². The van der Waals surface area contributed by atoms with Gasteiger partial charge < -0.3 is 5.73 Å². The number of anilines is 1. The molecule has 1 heterocycles. The van der Waals surface area contributed by atoms with Crippen molar-refractivity contribution in [1.29, 1.82) is 0 Å². The molecule has 0 radical (unpaired) electrons. The van der Waals surface area contributed by atoms with Crippen molar-refractivity contribution in [3.63, 3.8) is 0 Å². The molecule has 0 saturated carbocycles. The van der Waals surface area contributed by atoms with Gasteiger partial charge in [0.25, 0.3) is 0 Å². The largest absolute Gasteiger partial charge is 0.398 e. The molecule has 0 aliphatic carbocycles. The molecular formula is C12H17FN2O2S2. The predicted molar refractivity (Wildman–Crippen MR) is 76.1 cm³/mol. The quantitative estimate of drug-likeness (QED) is 0.834. The number of thioether (sulfide) groups is 1. The van der Waals surface area contributed by atoms with Gasteiger partial charge in [-0.05, 0) is 43.7 Å². The van der Waals surface area contributed by atoms with Crippen LogP contribution in [0.5, 0.6) is 0 Å². The van der Waals surface area contributed by atoms with Crippen LogP contribution in [0.1, 0.15) is 19.8 Å². The Bertz CT molecular complexity index is 569. The van der Waals surface area contributed by atoms with Gasteiger partial charge in [-0.25, -0.2) is 17.5 Å². The summed E-state index contributed by atoms with van der Waals surface area (Å²) < 4.78 is 39.7. The van der Waals surface area contributed by atoms with Crippen molar-refractivity contribution in [2.75, 3.05) is 18.0 Å². The highest BCUT2D eigenvalue weighted by Gasteiger charge is 2.31. The molecule has 0 spiro atoms. The molecule has 3 N–H and O–H groups in total. The van der Waals surface area contributed by atoms with Crippen molar-refractivity contribution in [2.24, 2.45) is 0 Å². The maximum Gasteiger partial charge on any atom is 0.242 e. The zero-order valence-electron chi connectivity index (χ0n) is 10.6. The van der Waals surface area contributed by atoms with Gasteiger partial charge in [0.15, 0.2) is 0 Å². The SMILES string of the molecule is CC1(CNS(=O)(=O)c2ccc(F)cc2N)CCCS1. The van der Waals surface area contributed by atoms with Crippen LogP contribution in [0.25, 0.3) is 0 Å². The van der Waals surface area contributed by atoms with Gasteiger partial charge >= 0.3 is 0 Å². The highest BCUT2D eigenvalue weighted by Crippen LogP contribution is 2.37. The number of nitrogens with two attached hydrogens (primary N) is 1. The second-order valence-electron chi connectivity index (χ2n) is 4.91. The van der Waals surface area contributed by atoms with Gasteiger partial charge in [-0.2, -0.15) is 11.8 Å². The lowest BCUT2D eigenvalue weighted by atomic mass is 10.1. The summed E-state index contributed by atoms with van der Waals surface area (Å²) in [6.07, 6.45) is 2.08. The third-order valence-corrected chi connectivity index (χ3v) is 6.21. The Morgan fingerprint density at radius 2 is 2.26 bits per heavy atom. The summed E-state index contributed by atoms with van der Waals surface area (Å²) in [6.45, 7) is 2.40. The van der Waals surface area contributed by atoms with E-state index < -0.39 is 15.8 Å². The Labute approximate surface area is 117 Å². The van der Waals surface area contributed by atoms with Crippen LogP contribution in [-0.2, 0) is 10.0 Å². The zero-order valence-corrected chi connectivity index (χ0v) is 12.3. The Hall–Kier alpha value is -0.790.